The van der Waals surface area contributed by atoms with Crippen LogP contribution >= 0.6 is 0 Å². The van der Waals surface area contributed by atoms with Crippen molar-refractivity contribution in [2.24, 2.45) is 10.9 Å². The summed E-state index contributed by atoms with van der Waals surface area (Å²) >= 11 is 0. The zero-order chi connectivity index (χ0) is 20.5. The van der Waals surface area contributed by atoms with Gasteiger partial charge in [-0.3, -0.25) is 0 Å². The third-order valence-electron chi connectivity index (χ3n) is 4.58. The summed E-state index contributed by atoms with van der Waals surface area (Å²) in [6.45, 7) is 4.36. The van der Waals surface area contributed by atoms with Gasteiger partial charge in [-0.05, 0) is 24.1 Å². The van der Waals surface area contributed by atoms with E-state index in [0.29, 0.717) is 13.0 Å². The summed E-state index contributed by atoms with van der Waals surface area (Å²) in [6.07, 6.45) is 2.63. The predicted molar refractivity (Wildman–Crippen MR) is 110 cm³/mol. The fraction of sp³-hybridized carbons (Fsp3) is 0.304. The largest absolute Gasteiger partial charge is 0.497 e. The van der Waals surface area contributed by atoms with E-state index in [9.17, 15) is 4.79 Å². The Morgan fingerprint density at radius 2 is 1.97 bits per heavy atom. The maximum absolute atomic E-state index is 11.9. The van der Waals surface area contributed by atoms with Gasteiger partial charge >= 0.3 is 6.09 Å². The van der Waals surface area contributed by atoms with Crippen LogP contribution in [0.1, 0.15) is 23.8 Å². The molecule has 1 aliphatic rings. The van der Waals surface area contributed by atoms with Gasteiger partial charge < -0.3 is 18.9 Å². The SMILES string of the molecule is C=CC[C@@H]1OC(c2ccc(OC)cc2)OCC1/C=N\C(=O)OCc1ccccc1. The van der Waals surface area contributed by atoms with E-state index in [2.05, 4.69) is 11.6 Å². The molecule has 29 heavy (non-hydrogen) atoms. The highest BCUT2D eigenvalue weighted by molar-refractivity contribution is 5.80. The van der Waals surface area contributed by atoms with Gasteiger partial charge in [-0.2, -0.15) is 4.99 Å². The van der Waals surface area contributed by atoms with Crippen molar-refractivity contribution in [1.82, 2.24) is 0 Å². The van der Waals surface area contributed by atoms with Gasteiger partial charge in [0.05, 0.1) is 19.8 Å². The van der Waals surface area contributed by atoms with Crippen molar-refractivity contribution in [2.75, 3.05) is 13.7 Å². The van der Waals surface area contributed by atoms with E-state index in [0.717, 1.165) is 16.9 Å². The Balaban J connectivity index is 1.56. The number of hydrogen-bond acceptors (Lipinski definition) is 5. The minimum Gasteiger partial charge on any atom is -0.497 e. The van der Waals surface area contributed by atoms with Crippen LogP contribution < -0.4 is 4.74 Å². The smallest absolute Gasteiger partial charge is 0.433 e. The molecule has 2 aromatic rings. The number of nitrogens with zero attached hydrogens (tertiary/aromatic N) is 1. The van der Waals surface area contributed by atoms with Crippen LogP contribution in [0, 0.1) is 5.92 Å². The molecule has 6 heteroatoms. The molecule has 2 aromatic carbocycles. The number of methoxy groups -OCH3 is 1. The first-order valence-corrected chi connectivity index (χ1v) is 9.46. The average Bonchev–Trinajstić information content (AvgIpc) is 2.78. The van der Waals surface area contributed by atoms with Crippen molar-refractivity contribution < 1.29 is 23.7 Å². The van der Waals surface area contributed by atoms with Crippen molar-refractivity contribution in [3.8, 4) is 5.75 Å². The van der Waals surface area contributed by atoms with Crippen LogP contribution in [0.3, 0.4) is 0 Å². The molecule has 0 N–H and O–H groups in total. The summed E-state index contributed by atoms with van der Waals surface area (Å²) in [4.78, 5) is 15.9. The molecule has 0 bridgehead atoms. The third-order valence-corrected chi connectivity index (χ3v) is 4.58. The van der Waals surface area contributed by atoms with Gasteiger partial charge in [-0.25, -0.2) is 4.79 Å². The molecule has 0 radical (unpaired) electrons. The monoisotopic (exact) mass is 395 g/mol. The standard InChI is InChI=1S/C23H25NO5/c1-3-7-21-19(14-24-23(25)28-15-17-8-5-4-6-9-17)16-27-22(29-21)18-10-12-20(26-2)13-11-18/h3-6,8-14,19,21-22H,1,7,15-16H2,2H3/b24-14-/t19?,21-,22?/m0/s1. The molecular formula is C23H25NO5. The van der Waals surface area contributed by atoms with E-state index in [4.69, 9.17) is 18.9 Å². The fourth-order valence-corrected chi connectivity index (χ4v) is 2.99. The lowest BCUT2D eigenvalue weighted by molar-refractivity contribution is -0.228. The number of benzene rings is 2. The first-order chi connectivity index (χ1) is 14.2. The lowest BCUT2D eigenvalue weighted by atomic mass is 10.00. The Labute approximate surface area is 170 Å². The zero-order valence-corrected chi connectivity index (χ0v) is 16.4. The van der Waals surface area contributed by atoms with E-state index in [1.54, 1.807) is 19.4 Å². The average molecular weight is 395 g/mol. The van der Waals surface area contributed by atoms with Gasteiger partial charge in [0.1, 0.15) is 12.4 Å². The molecule has 0 aliphatic carbocycles. The van der Waals surface area contributed by atoms with Crippen LogP contribution in [0.2, 0.25) is 0 Å². The van der Waals surface area contributed by atoms with Crippen LogP contribution in [0.25, 0.3) is 0 Å². The van der Waals surface area contributed by atoms with Crippen molar-refractivity contribution in [3.63, 3.8) is 0 Å². The maximum atomic E-state index is 11.9. The van der Waals surface area contributed by atoms with Gasteiger partial charge in [0.2, 0.25) is 0 Å². The van der Waals surface area contributed by atoms with Crippen molar-refractivity contribution in [2.45, 2.75) is 25.4 Å². The van der Waals surface area contributed by atoms with Crippen LogP contribution in [0.5, 0.6) is 5.75 Å². The van der Waals surface area contributed by atoms with Crippen molar-refractivity contribution in [3.05, 3.63) is 78.4 Å². The molecule has 3 atom stereocenters. The maximum Gasteiger partial charge on any atom is 0.433 e. The first-order valence-electron chi connectivity index (χ1n) is 9.46. The molecule has 2 unspecified atom stereocenters. The molecule has 0 saturated carbocycles. The number of hydrogen-bond donors (Lipinski definition) is 0. The lowest BCUT2D eigenvalue weighted by Crippen LogP contribution is -2.37. The number of carbonyl (C=O) groups excluding carboxylic acids is 1. The quantitative estimate of drug-likeness (QED) is 0.502. The van der Waals surface area contributed by atoms with E-state index in [1.165, 1.54) is 0 Å². The second-order valence-electron chi connectivity index (χ2n) is 6.62. The van der Waals surface area contributed by atoms with Crippen LogP contribution in [-0.2, 0) is 20.8 Å². The topological polar surface area (TPSA) is 66.3 Å². The first kappa shape index (κ1) is 20.8. The van der Waals surface area contributed by atoms with Gasteiger partial charge in [-0.1, -0.05) is 48.5 Å². The summed E-state index contributed by atoms with van der Waals surface area (Å²) < 4.78 is 22.3. The van der Waals surface area contributed by atoms with Crippen LogP contribution in [0.15, 0.2) is 72.2 Å². The third kappa shape index (κ3) is 6.01. The number of amides is 1. The molecule has 3 rings (SSSR count). The normalized spacial score (nSPS) is 21.6. The molecule has 1 heterocycles. The molecule has 152 valence electrons. The molecular weight excluding hydrogens is 370 g/mol. The zero-order valence-electron chi connectivity index (χ0n) is 16.4. The number of carbonyl (C=O) groups is 1. The Morgan fingerprint density at radius 3 is 2.66 bits per heavy atom. The van der Waals surface area contributed by atoms with Crippen molar-refractivity contribution in [1.29, 1.82) is 0 Å². The molecule has 1 fully saturated rings. The minimum atomic E-state index is -0.636. The summed E-state index contributed by atoms with van der Waals surface area (Å²) in [6, 6.07) is 17.0. The summed E-state index contributed by atoms with van der Waals surface area (Å²) in [5, 5.41) is 0. The lowest BCUT2D eigenvalue weighted by Gasteiger charge is -2.34. The molecule has 6 nitrogen and oxygen atoms in total. The molecule has 1 saturated heterocycles. The van der Waals surface area contributed by atoms with E-state index >= 15 is 0 Å². The second-order valence-corrected chi connectivity index (χ2v) is 6.62. The molecule has 1 amide bonds. The highest BCUT2D eigenvalue weighted by Crippen LogP contribution is 2.31. The molecule has 1 aliphatic heterocycles. The number of aliphatic imine (C=N–C) groups is 1. The van der Waals surface area contributed by atoms with Gasteiger partial charge in [0, 0.05) is 17.7 Å². The Hall–Kier alpha value is -2.96. The Kier molecular flexibility index (Phi) is 7.55. The van der Waals surface area contributed by atoms with Crippen molar-refractivity contribution >= 4 is 12.3 Å². The Bertz CT molecular complexity index is 819. The summed E-state index contributed by atoms with van der Waals surface area (Å²) in [5.74, 6) is 0.595. The van der Waals surface area contributed by atoms with E-state index in [1.807, 2.05) is 54.6 Å². The minimum absolute atomic E-state index is 0.174. The van der Waals surface area contributed by atoms with Gasteiger partial charge in [-0.15, -0.1) is 6.58 Å². The highest BCUT2D eigenvalue weighted by Gasteiger charge is 2.31. The predicted octanol–water partition coefficient (Wildman–Crippen LogP) is 4.71. The van der Waals surface area contributed by atoms with E-state index in [-0.39, 0.29) is 18.6 Å². The Morgan fingerprint density at radius 1 is 1.21 bits per heavy atom. The fourth-order valence-electron chi connectivity index (χ4n) is 2.99. The highest BCUT2D eigenvalue weighted by atomic mass is 16.7. The molecule has 0 aromatic heterocycles. The summed E-state index contributed by atoms with van der Waals surface area (Å²) in [5.41, 5.74) is 1.81. The van der Waals surface area contributed by atoms with E-state index < -0.39 is 12.4 Å². The second kappa shape index (κ2) is 10.5. The van der Waals surface area contributed by atoms with Gasteiger partial charge in [0.15, 0.2) is 6.29 Å². The van der Waals surface area contributed by atoms with Crippen LogP contribution in [-0.4, -0.2) is 32.1 Å². The molecule has 0 spiro atoms. The van der Waals surface area contributed by atoms with Gasteiger partial charge in [0.25, 0.3) is 0 Å². The number of rotatable bonds is 7. The number of ether oxygens (including phenoxy) is 4. The summed E-state index contributed by atoms with van der Waals surface area (Å²) in [7, 11) is 1.62. The van der Waals surface area contributed by atoms with Crippen LogP contribution in [0.4, 0.5) is 4.79 Å².